The maximum atomic E-state index is 12.3. The molecule has 7 heteroatoms. The SMILES string of the molecule is C[C@@]1(Cc2ccc3c(c2)OCO3)CCC(=O)N(CCCn2ccnn2)C1. The van der Waals surface area contributed by atoms with Gasteiger partial charge in [-0.2, -0.15) is 0 Å². The number of carbonyl (C=O) groups is 1. The van der Waals surface area contributed by atoms with Crippen molar-refractivity contribution in [1.29, 1.82) is 0 Å². The number of amides is 1. The van der Waals surface area contributed by atoms with Gasteiger partial charge in [0.2, 0.25) is 12.7 Å². The molecule has 3 heterocycles. The highest BCUT2D eigenvalue weighted by Crippen LogP contribution is 2.37. The molecule has 0 bridgehead atoms. The first kappa shape index (κ1) is 16.9. The van der Waals surface area contributed by atoms with Crippen molar-refractivity contribution in [3.63, 3.8) is 0 Å². The van der Waals surface area contributed by atoms with Crippen molar-refractivity contribution in [2.45, 2.75) is 39.2 Å². The number of aryl methyl sites for hydroxylation is 1. The van der Waals surface area contributed by atoms with Crippen molar-refractivity contribution >= 4 is 5.91 Å². The summed E-state index contributed by atoms with van der Waals surface area (Å²) in [5.74, 6) is 1.89. The molecule has 138 valence electrons. The van der Waals surface area contributed by atoms with Gasteiger partial charge in [-0.1, -0.05) is 18.2 Å². The van der Waals surface area contributed by atoms with Crippen LogP contribution in [0.25, 0.3) is 0 Å². The normalized spacial score (nSPS) is 22.0. The lowest BCUT2D eigenvalue weighted by atomic mass is 9.76. The summed E-state index contributed by atoms with van der Waals surface area (Å²) in [5, 5.41) is 7.78. The van der Waals surface area contributed by atoms with Gasteiger partial charge in [0.15, 0.2) is 11.5 Å². The minimum Gasteiger partial charge on any atom is -0.454 e. The van der Waals surface area contributed by atoms with E-state index in [1.807, 2.05) is 17.2 Å². The van der Waals surface area contributed by atoms with Crippen LogP contribution in [0.1, 0.15) is 31.7 Å². The van der Waals surface area contributed by atoms with Gasteiger partial charge in [0.25, 0.3) is 0 Å². The third-order valence-electron chi connectivity index (χ3n) is 5.22. The summed E-state index contributed by atoms with van der Waals surface area (Å²) in [6.45, 7) is 4.90. The molecule has 1 aromatic heterocycles. The molecule has 2 aliphatic heterocycles. The Balaban J connectivity index is 1.37. The molecule has 0 saturated carbocycles. The van der Waals surface area contributed by atoms with E-state index in [2.05, 4.69) is 29.4 Å². The molecule has 0 N–H and O–H groups in total. The molecule has 2 aliphatic rings. The quantitative estimate of drug-likeness (QED) is 0.794. The molecule has 26 heavy (non-hydrogen) atoms. The molecule has 7 nitrogen and oxygen atoms in total. The first-order chi connectivity index (χ1) is 12.6. The van der Waals surface area contributed by atoms with Gasteiger partial charge in [0.1, 0.15) is 0 Å². The zero-order chi connectivity index (χ0) is 18.0. The number of ether oxygens (including phenoxy) is 2. The number of hydrogen-bond donors (Lipinski definition) is 0. The molecule has 2 aromatic rings. The molecule has 0 radical (unpaired) electrons. The highest BCUT2D eigenvalue weighted by atomic mass is 16.7. The number of piperidine rings is 1. The predicted molar refractivity (Wildman–Crippen MR) is 94.8 cm³/mol. The average Bonchev–Trinajstić information content (AvgIpc) is 3.29. The van der Waals surface area contributed by atoms with Crippen molar-refractivity contribution in [2.24, 2.45) is 5.41 Å². The monoisotopic (exact) mass is 356 g/mol. The lowest BCUT2D eigenvalue weighted by Gasteiger charge is -2.40. The summed E-state index contributed by atoms with van der Waals surface area (Å²) in [6, 6.07) is 6.15. The third kappa shape index (κ3) is 3.66. The molecule has 1 saturated heterocycles. The second kappa shape index (κ2) is 6.97. The van der Waals surface area contributed by atoms with Crippen LogP contribution in [0.2, 0.25) is 0 Å². The van der Waals surface area contributed by atoms with Crippen LogP contribution in [-0.2, 0) is 17.8 Å². The van der Waals surface area contributed by atoms with Crippen molar-refractivity contribution in [1.82, 2.24) is 19.9 Å². The van der Waals surface area contributed by atoms with Crippen molar-refractivity contribution in [3.05, 3.63) is 36.2 Å². The Kier molecular flexibility index (Phi) is 4.53. The Morgan fingerprint density at radius 3 is 2.96 bits per heavy atom. The Hall–Kier alpha value is -2.57. The fourth-order valence-electron chi connectivity index (χ4n) is 3.86. The zero-order valence-corrected chi connectivity index (χ0v) is 15.1. The maximum absolute atomic E-state index is 12.3. The number of carbonyl (C=O) groups excluding carboxylic acids is 1. The summed E-state index contributed by atoms with van der Waals surface area (Å²) in [5.41, 5.74) is 1.31. The number of rotatable bonds is 6. The predicted octanol–water partition coefficient (Wildman–Crippen LogP) is 2.27. The van der Waals surface area contributed by atoms with Crippen LogP contribution in [0.3, 0.4) is 0 Å². The lowest BCUT2D eigenvalue weighted by Crippen LogP contribution is -2.46. The van der Waals surface area contributed by atoms with Gasteiger partial charge in [-0.3, -0.25) is 9.48 Å². The highest BCUT2D eigenvalue weighted by molar-refractivity contribution is 5.77. The second-order valence-electron chi connectivity index (χ2n) is 7.51. The van der Waals surface area contributed by atoms with Crippen molar-refractivity contribution in [2.75, 3.05) is 19.9 Å². The van der Waals surface area contributed by atoms with Gasteiger partial charge in [0.05, 0.1) is 6.20 Å². The Bertz CT molecular complexity index is 777. The van der Waals surface area contributed by atoms with Crippen LogP contribution in [0, 0.1) is 5.41 Å². The maximum Gasteiger partial charge on any atom is 0.231 e. The first-order valence-electron chi connectivity index (χ1n) is 9.12. The van der Waals surface area contributed by atoms with E-state index < -0.39 is 0 Å². The van der Waals surface area contributed by atoms with E-state index in [0.29, 0.717) is 13.2 Å². The Morgan fingerprint density at radius 1 is 1.23 bits per heavy atom. The number of hydrogen-bond acceptors (Lipinski definition) is 5. The number of benzene rings is 1. The molecule has 0 spiro atoms. The summed E-state index contributed by atoms with van der Waals surface area (Å²) in [4.78, 5) is 14.3. The van der Waals surface area contributed by atoms with Gasteiger partial charge < -0.3 is 14.4 Å². The van der Waals surface area contributed by atoms with E-state index in [4.69, 9.17) is 9.47 Å². The Morgan fingerprint density at radius 2 is 2.12 bits per heavy atom. The summed E-state index contributed by atoms with van der Waals surface area (Å²) >= 11 is 0. The average molecular weight is 356 g/mol. The minimum absolute atomic E-state index is 0.0782. The van der Waals surface area contributed by atoms with Crippen LogP contribution in [-0.4, -0.2) is 45.7 Å². The molecule has 0 unspecified atom stereocenters. The molecular formula is C19H24N4O3. The fraction of sp³-hybridized carbons (Fsp3) is 0.526. The highest BCUT2D eigenvalue weighted by Gasteiger charge is 2.35. The van der Waals surface area contributed by atoms with E-state index in [1.165, 1.54) is 5.56 Å². The second-order valence-corrected chi connectivity index (χ2v) is 7.51. The molecular weight excluding hydrogens is 332 g/mol. The molecule has 1 aromatic carbocycles. The first-order valence-corrected chi connectivity index (χ1v) is 9.12. The third-order valence-corrected chi connectivity index (χ3v) is 5.22. The van der Waals surface area contributed by atoms with E-state index in [1.54, 1.807) is 10.9 Å². The van der Waals surface area contributed by atoms with E-state index in [-0.39, 0.29) is 11.3 Å². The summed E-state index contributed by atoms with van der Waals surface area (Å²) in [6.07, 6.45) is 6.87. The number of nitrogens with zero attached hydrogens (tertiary/aromatic N) is 4. The minimum atomic E-state index is 0.0782. The largest absolute Gasteiger partial charge is 0.454 e. The van der Waals surface area contributed by atoms with E-state index >= 15 is 0 Å². The lowest BCUT2D eigenvalue weighted by molar-refractivity contribution is -0.137. The van der Waals surface area contributed by atoms with Crippen molar-refractivity contribution < 1.29 is 14.3 Å². The molecule has 0 aliphatic carbocycles. The zero-order valence-electron chi connectivity index (χ0n) is 15.1. The van der Waals surface area contributed by atoms with Crippen LogP contribution in [0.5, 0.6) is 11.5 Å². The molecule has 1 fully saturated rings. The van der Waals surface area contributed by atoms with Gasteiger partial charge in [-0.05, 0) is 42.4 Å². The van der Waals surface area contributed by atoms with Gasteiger partial charge in [-0.15, -0.1) is 5.10 Å². The standard InChI is InChI=1S/C19H24N4O3/c1-19(12-15-3-4-16-17(11-15)26-14-25-16)6-5-18(24)22(13-19)8-2-9-23-10-7-20-21-23/h3-4,7,10-11H,2,5-6,8-9,12-14H2,1H3/t19-/m0/s1. The number of likely N-dealkylation sites (tertiary alicyclic amines) is 1. The molecule has 4 rings (SSSR count). The topological polar surface area (TPSA) is 69.5 Å². The van der Waals surface area contributed by atoms with E-state index in [0.717, 1.165) is 50.4 Å². The number of aromatic nitrogens is 3. The van der Waals surface area contributed by atoms with Crippen LogP contribution < -0.4 is 9.47 Å². The van der Waals surface area contributed by atoms with E-state index in [9.17, 15) is 4.79 Å². The Labute approximate surface area is 152 Å². The fourth-order valence-corrected chi connectivity index (χ4v) is 3.86. The molecule has 1 atom stereocenters. The summed E-state index contributed by atoms with van der Waals surface area (Å²) in [7, 11) is 0. The van der Waals surface area contributed by atoms with Crippen LogP contribution in [0.15, 0.2) is 30.6 Å². The molecule has 1 amide bonds. The van der Waals surface area contributed by atoms with Crippen LogP contribution in [0.4, 0.5) is 0 Å². The van der Waals surface area contributed by atoms with Crippen molar-refractivity contribution in [3.8, 4) is 11.5 Å². The van der Waals surface area contributed by atoms with Crippen LogP contribution >= 0.6 is 0 Å². The smallest absolute Gasteiger partial charge is 0.231 e. The van der Waals surface area contributed by atoms with Gasteiger partial charge in [0, 0.05) is 32.3 Å². The van der Waals surface area contributed by atoms with Gasteiger partial charge >= 0.3 is 0 Å². The number of fused-ring (bicyclic) bond motifs is 1. The summed E-state index contributed by atoms with van der Waals surface area (Å²) < 4.78 is 12.7. The van der Waals surface area contributed by atoms with Gasteiger partial charge in [-0.25, -0.2) is 0 Å².